The van der Waals surface area contributed by atoms with E-state index in [0.717, 1.165) is 32.4 Å². The molecule has 186 valence electrons. The van der Waals surface area contributed by atoms with Crippen LogP contribution < -0.4 is 0 Å². The van der Waals surface area contributed by atoms with Gasteiger partial charge >= 0.3 is 23.9 Å². The van der Waals surface area contributed by atoms with Gasteiger partial charge in [0.2, 0.25) is 0 Å². The fraction of sp³-hybridized carbons (Fsp3) is 0.750. The summed E-state index contributed by atoms with van der Waals surface area (Å²) in [4.78, 5) is 49.0. The fourth-order valence-electron chi connectivity index (χ4n) is 3.48. The van der Waals surface area contributed by atoms with Crippen LogP contribution in [-0.4, -0.2) is 82.6 Å². The van der Waals surface area contributed by atoms with E-state index in [4.69, 9.17) is 35.9 Å². The van der Waals surface area contributed by atoms with E-state index in [1.54, 1.807) is 0 Å². The van der Waals surface area contributed by atoms with Crippen LogP contribution in [0, 0.1) is 0 Å². The summed E-state index contributed by atoms with van der Waals surface area (Å²) in [5.74, 6) is -2.52. The van der Waals surface area contributed by atoms with Gasteiger partial charge in [-0.15, -0.1) is 0 Å². The Balaban J connectivity index is 2.27. The van der Waals surface area contributed by atoms with E-state index in [1.165, 1.54) is 49.3 Å². The normalized spacial score (nSPS) is 27.3. The first kappa shape index (κ1) is 27.7. The number of hydrogen-bond donors (Lipinski definition) is 0. The van der Waals surface area contributed by atoms with E-state index in [0.29, 0.717) is 4.32 Å². The highest BCUT2D eigenvalue weighted by Crippen LogP contribution is 2.40. The van der Waals surface area contributed by atoms with Gasteiger partial charge in [-0.1, -0.05) is 23.0 Å². The number of ether oxygens (including phenoxy) is 5. The third-order valence-corrected chi connectivity index (χ3v) is 8.00. The molecule has 3 unspecified atom stereocenters. The number of thiocarbonyl (C=S) groups is 1. The van der Waals surface area contributed by atoms with Gasteiger partial charge < -0.3 is 28.6 Å². The maximum Gasteiger partial charge on any atom is 0.303 e. The zero-order chi connectivity index (χ0) is 24.5. The van der Waals surface area contributed by atoms with Gasteiger partial charge in [0.05, 0.1) is 0 Å². The van der Waals surface area contributed by atoms with Gasteiger partial charge in [-0.05, 0) is 30.1 Å². The summed E-state index contributed by atoms with van der Waals surface area (Å²) in [6.07, 6.45) is -1.11. The molecule has 2 aliphatic rings. The number of piperidine rings is 1. The molecule has 0 aromatic heterocycles. The van der Waals surface area contributed by atoms with Crippen molar-refractivity contribution in [1.29, 1.82) is 0 Å². The summed E-state index contributed by atoms with van der Waals surface area (Å²) < 4.78 is 28.0. The van der Waals surface area contributed by atoms with E-state index in [2.05, 4.69) is 4.90 Å². The average Bonchev–Trinajstić information content (AvgIpc) is 2.73. The molecule has 0 aromatic carbocycles. The Morgan fingerprint density at radius 3 is 1.94 bits per heavy atom. The van der Waals surface area contributed by atoms with Crippen LogP contribution in [0.3, 0.4) is 0 Å². The lowest BCUT2D eigenvalue weighted by molar-refractivity contribution is -0.237. The van der Waals surface area contributed by atoms with Crippen molar-refractivity contribution in [3.05, 3.63) is 0 Å². The minimum Gasteiger partial charge on any atom is -0.463 e. The molecule has 0 N–H and O–H groups in total. The van der Waals surface area contributed by atoms with E-state index in [9.17, 15) is 19.2 Å². The van der Waals surface area contributed by atoms with Gasteiger partial charge in [-0.3, -0.25) is 19.2 Å². The van der Waals surface area contributed by atoms with Crippen LogP contribution in [0.15, 0.2) is 0 Å². The highest BCUT2D eigenvalue weighted by Gasteiger charge is 2.52. The molecule has 0 saturated carbocycles. The number of hydrogen-bond acceptors (Lipinski definition) is 12. The molecule has 5 atom stereocenters. The van der Waals surface area contributed by atoms with Crippen LogP contribution in [0.5, 0.6) is 0 Å². The van der Waals surface area contributed by atoms with Crippen molar-refractivity contribution in [3.8, 4) is 0 Å². The molecule has 2 aliphatic heterocycles. The van der Waals surface area contributed by atoms with Crippen molar-refractivity contribution in [3.63, 3.8) is 0 Å². The second-order valence-corrected chi connectivity index (χ2v) is 10.5. The number of nitrogens with zero attached hydrogens (tertiary/aromatic N) is 1. The first-order valence-electron chi connectivity index (χ1n) is 10.5. The SMILES string of the molecule is CC(=O)OCC1O[C@@H](SSC(=S)N2CCCCC2)C(OC(C)=O)C(OC(C)=O)[C@@H]1OC(C)=O. The Morgan fingerprint density at radius 2 is 1.39 bits per heavy atom. The van der Waals surface area contributed by atoms with Crippen molar-refractivity contribution in [2.75, 3.05) is 19.7 Å². The molecular weight excluding hydrogens is 494 g/mol. The number of likely N-dealkylation sites (tertiary alicyclic amines) is 1. The minimum atomic E-state index is -1.17. The fourth-order valence-corrected chi connectivity index (χ4v) is 6.31. The molecule has 2 heterocycles. The Hall–Kier alpha value is -1.57. The second kappa shape index (κ2) is 13.4. The Morgan fingerprint density at radius 1 is 0.848 bits per heavy atom. The maximum absolute atomic E-state index is 11.9. The van der Waals surface area contributed by atoms with Gasteiger partial charge in [0.25, 0.3) is 0 Å². The van der Waals surface area contributed by atoms with Crippen molar-refractivity contribution < 1.29 is 42.9 Å². The summed E-state index contributed by atoms with van der Waals surface area (Å²) in [7, 11) is 2.49. The molecular formula is C20H29NO9S3. The molecule has 0 radical (unpaired) electrons. The molecule has 0 aromatic rings. The monoisotopic (exact) mass is 523 g/mol. The average molecular weight is 524 g/mol. The van der Waals surface area contributed by atoms with Crippen molar-refractivity contribution in [2.24, 2.45) is 0 Å². The molecule has 2 saturated heterocycles. The predicted octanol–water partition coefficient (Wildman–Crippen LogP) is 2.22. The number of carbonyl (C=O) groups is 4. The van der Waals surface area contributed by atoms with Crippen LogP contribution >= 0.6 is 33.8 Å². The Labute approximate surface area is 206 Å². The van der Waals surface area contributed by atoms with E-state index < -0.39 is 53.7 Å². The number of carbonyl (C=O) groups excluding carboxylic acids is 4. The van der Waals surface area contributed by atoms with E-state index in [1.807, 2.05) is 0 Å². The third kappa shape index (κ3) is 8.95. The van der Waals surface area contributed by atoms with Gasteiger partial charge in [0, 0.05) is 40.8 Å². The highest BCUT2D eigenvalue weighted by atomic mass is 33.1. The van der Waals surface area contributed by atoms with Crippen LogP contribution in [0.1, 0.15) is 47.0 Å². The minimum absolute atomic E-state index is 0.254. The summed E-state index contributed by atoms with van der Waals surface area (Å²) in [6, 6.07) is 0. The van der Waals surface area contributed by atoms with Crippen LogP contribution in [0.4, 0.5) is 0 Å². The summed E-state index contributed by atoms with van der Waals surface area (Å²) in [5, 5.41) is 0. The second-order valence-electron chi connectivity index (χ2n) is 7.56. The summed E-state index contributed by atoms with van der Waals surface area (Å²) in [5.41, 5.74) is -0.849. The molecule has 10 nitrogen and oxygen atoms in total. The number of esters is 4. The molecule has 13 heteroatoms. The smallest absolute Gasteiger partial charge is 0.303 e. The lowest BCUT2D eigenvalue weighted by atomic mass is 9.99. The lowest BCUT2D eigenvalue weighted by Crippen LogP contribution is -2.61. The topological polar surface area (TPSA) is 118 Å². The molecule has 33 heavy (non-hydrogen) atoms. The molecule has 2 fully saturated rings. The number of rotatable bonds is 7. The largest absolute Gasteiger partial charge is 0.463 e. The van der Waals surface area contributed by atoms with E-state index >= 15 is 0 Å². The quantitative estimate of drug-likeness (QED) is 0.210. The third-order valence-electron chi connectivity index (χ3n) is 4.78. The zero-order valence-corrected chi connectivity index (χ0v) is 21.4. The predicted molar refractivity (Wildman–Crippen MR) is 125 cm³/mol. The van der Waals surface area contributed by atoms with Gasteiger partial charge in [0.1, 0.15) is 17.0 Å². The van der Waals surface area contributed by atoms with Gasteiger partial charge in [-0.25, -0.2) is 0 Å². The van der Waals surface area contributed by atoms with Crippen LogP contribution in [0.2, 0.25) is 0 Å². The van der Waals surface area contributed by atoms with Gasteiger partial charge in [-0.2, -0.15) is 0 Å². The van der Waals surface area contributed by atoms with Crippen molar-refractivity contribution >= 4 is 62.0 Å². The molecule has 2 rings (SSSR count). The molecule has 0 bridgehead atoms. The van der Waals surface area contributed by atoms with Crippen LogP contribution in [0.25, 0.3) is 0 Å². The first-order chi connectivity index (χ1) is 15.6. The molecule has 0 aliphatic carbocycles. The Bertz CT molecular complexity index is 744. The Kier molecular flexibility index (Phi) is 11.2. The lowest BCUT2D eigenvalue weighted by Gasteiger charge is -2.44. The summed E-state index contributed by atoms with van der Waals surface area (Å²) in [6.45, 7) is 6.29. The van der Waals surface area contributed by atoms with Crippen molar-refractivity contribution in [1.82, 2.24) is 4.90 Å². The van der Waals surface area contributed by atoms with E-state index in [-0.39, 0.29) is 6.61 Å². The van der Waals surface area contributed by atoms with Crippen LogP contribution in [-0.2, 0) is 42.9 Å². The maximum atomic E-state index is 11.9. The standard InChI is InChI=1S/C20H29NO9S3/c1-11(22)26-10-15-16(27-12(2)23)17(28-13(3)24)18(29-14(4)25)19(30-15)32-33-20(31)21-8-6-5-7-9-21/h15-19H,5-10H2,1-4H3/t15?,16-,17?,18?,19+/m1/s1. The van der Waals surface area contributed by atoms with Gasteiger partial charge in [0.15, 0.2) is 23.7 Å². The molecule has 0 amide bonds. The zero-order valence-electron chi connectivity index (χ0n) is 19.0. The van der Waals surface area contributed by atoms with Crippen molar-refractivity contribution in [2.45, 2.75) is 76.8 Å². The first-order valence-corrected chi connectivity index (χ1v) is 13.1. The highest BCUT2D eigenvalue weighted by molar-refractivity contribution is 8.83. The molecule has 0 spiro atoms. The summed E-state index contributed by atoms with van der Waals surface area (Å²) >= 11 is 5.54.